The highest BCUT2D eigenvalue weighted by Crippen LogP contribution is 2.21. The molecule has 0 spiro atoms. The van der Waals surface area contributed by atoms with Crippen molar-refractivity contribution in [3.8, 4) is 0 Å². The lowest BCUT2D eigenvalue weighted by molar-refractivity contribution is 0.177. The number of alkyl carbamates (subject to hydrolysis) is 1. The number of amides is 1. The van der Waals surface area contributed by atoms with E-state index >= 15 is 0 Å². The van der Waals surface area contributed by atoms with Crippen LogP contribution in [0.4, 0.5) is 4.79 Å². The summed E-state index contributed by atoms with van der Waals surface area (Å²) >= 11 is 0. The van der Waals surface area contributed by atoms with Gasteiger partial charge in [0.15, 0.2) is 0 Å². The van der Waals surface area contributed by atoms with Crippen molar-refractivity contribution < 1.29 is 23.2 Å². The Labute approximate surface area is 138 Å². The van der Waals surface area contributed by atoms with Crippen molar-refractivity contribution in [1.82, 2.24) is 15.2 Å². The fraction of sp³-hybridized carbons (Fsp3) is 0.438. The maximum Gasteiger partial charge on any atom is 0.407 e. The zero-order chi connectivity index (χ0) is 23.4. The third-order valence-corrected chi connectivity index (χ3v) is 3.29. The van der Waals surface area contributed by atoms with E-state index in [0.29, 0.717) is 22.0 Å². The third-order valence-electron chi connectivity index (χ3n) is 3.29. The summed E-state index contributed by atoms with van der Waals surface area (Å²) in [6.07, 6.45) is 0.199. The molecule has 1 aliphatic rings. The van der Waals surface area contributed by atoms with Crippen molar-refractivity contribution in [3.05, 3.63) is 35.5 Å². The predicted molar refractivity (Wildman–Crippen MR) is 82.5 cm³/mol. The lowest BCUT2D eigenvalue weighted by Crippen LogP contribution is -2.28. The van der Waals surface area contributed by atoms with E-state index in [-0.39, 0.29) is 11.3 Å². The first kappa shape index (κ1) is 6.40. The van der Waals surface area contributed by atoms with E-state index in [2.05, 4.69) is 15.0 Å². The zero-order valence-electron chi connectivity index (χ0n) is 21.1. The molecule has 1 saturated heterocycles. The van der Waals surface area contributed by atoms with Crippen molar-refractivity contribution in [2.45, 2.75) is 18.9 Å². The molecule has 3 rings (SSSR count). The highest BCUT2D eigenvalue weighted by molar-refractivity contribution is 5.84. The van der Waals surface area contributed by atoms with Crippen LogP contribution in [-0.4, -0.2) is 49.0 Å². The number of hydrogen-bond acceptors (Lipinski definition) is 3. The Morgan fingerprint density at radius 2 is 2.48 bits per heavy atom. The van der Waals surface area contributed by atoms with Crippen molar-refractivity contribution in [3.63, 3.8) is 0 Å². The first-order valence-electron chi connectivity index (χ1n) is 11.4. The number of cyclic esters (lactones) is 1. The molecule has 5 heteroatoms. The number of benzene rings is 1. The number of likely N-dealkylation sites (N-methyl/N-ethyl adjacent to an activating group) is 1. The standard InChI is InChI=1S/C16H21N3O2/c1-19(2)6-5-12-9-17-15-4-3-11(8-14(12)15)7-13-10-21-16(20)18-13/h3-4,8-9,13,17H,5-7,10H2,1-2H3,(H,18,20)/t13-/m0/s1/i1D3,2D3,6D2,10D2. The van der Waals surface area contributed by atoms with Gasteiger partial charge in [-0.2, -0.15) is 0 Å². The SMILES string of the molecule is [2H]C1([2H])OC(=O)N[C@H]1Cc1ccc2[nH]cc(CC([2H])([2H])N(C([2H])([2H])[2H])C([2H])([2H])[2H])c2c1. The fourth-order valence-corrected chi connectivity index (χ4v) is 2.32. The van der Waals surface area contributed by atoms with E-state index in [4.69, 9.17) is 13.7 Å². The van der Waals surface area contributed by atoms with E-state index in [1.165, 1.54) is 6.20 Å². The van der Waals surface area contributed by atoms with Gasteiger partial charge in [-0.1, -0.05) is 6.07 Å². The summed E-state index contributed by atoms with van der Waals surface area (Å²) in [7, 11) is 0. The Hall–Kier alpha value is -2.01. The van der Waals surface area contributed by atoms with Gasteiger partial charge < -0.3 is 19.9 Å². The number of H-pyrrole nitrogens is 1. The van der Waals surface area contributed by atoms with Gasteiger partial charge in [-0.3, -0.25) is 0 Å². The molecule has 0 aliphatic carbocycles. The number of nitrogens with one attached hydrogen (secondary N) is 2. The van der Waals surface area contributed by atoms with Crippen molar-refractivity contribution in [2.24, 2.45) is 0 Å². The van der Waals surface area contributed by atoms with Gasteiger partial charge in [0, 0.05) is 34.6 Å². The molecule has 1 aromatic carbocycles. The van der Waals surface area contributed by atoms with Gasteiger partial charge in [0.25, 0.3) is 0 Å². The molecule has 0 radical (unpaired) electrons. The fourth-order valence-electron chi connectivity index (χ4n) is 2.32. The highest BCUT2D eigenvalue weighted by atomic mass is 16.6. The molecule has 2 aromatic rings. The monoisotopic (exact) mass is 297 g/mol. The predicted octanol–water partition coefficient (Wildman–Crippen LogP) is 1.92. The zero-order valence-corrected chi connectivity index (χ0v) is 11.1. The molecule has 2 heterocycles. The second kappa shape index (κ2) is 5.77. The average Bonchev–Trinajstić information content (AvgIpc) is 3.03. The second-order valence-corrected chi connectivity index (χ2v) is 4.77. The molecular formula is C16H21N3O2. The minimum absolute atomic E-state index is 0.0877. The van der Waals surface area contributed by atoms with Crippen LogP contribution in [-0.2, 0) is 17.6 Å². The van der Waals surface area contributed by atoms with Crippen LogP contribution in [0.15, 0.2) is 24.4 Å². The van der Waals surface area contributed by atoms with E-state index in [0.717, 1.165) is 0 Å². The number of carbonyl (C=O) groups excluding carboxylic acids is 1. The minimum atomic E-state index is -3.18. The smallest absolute Gasteiger partial charge is 0.407 e. The van der Waals surface area contributed by atoms with Gasteiger partial charge in [-0.25, -0.2) is 4.79 Å². The maximum atomic E-state index is 11.4. The van der Waals surface area contributed by atoms with Crippen LogP contribution in [0.2, 0.25) is 0 Å². The topological polar surface area (TPSA) is 57.4 Å². The maximum absolute atomic E-state index is 11.4. The first-order chi connectivity index (χ1) is 14.0. The molecule has 1 aliphatic heterocycles. The lowest BCUT2D eigenvalue weighted by atomic mass is 10.0. The van der Waals surface area contributed by atoms with Gasteiger partial charge in [0.1, 0.15) is 6.56 Å². The summed E-state index contributed by atoms with van der Waals surface area (Å²) in [4.78, 5) is 14.2. The Morgan fingerprint density at radius 3 is 3.24 bits per heavy atom. The number of aryl methyl sites for hydroxylation is 1. The van der Waals surface area contributed by atoms with E-state index in [1.54, 1.807) is 18.2 Å². The average molecular weight is 297 g/mol. The Kier molecular flexibility index (Phi) is 1.76. The summed E-state index contributed by atoms with van der Waals surface area (Å²) in [5.41, 5.74) is 1.59. The van der Waals surface area contributed by atoms with Crippen LogP contribution >= 0.6 is 0 Å². The molecule has 5 nitrogen and oxygen atoms in total. The third kappa shape index (κ3) is 3.19. The van der Waals surface area contributed by atoms with E-state index in [1.807, 2.05) is 0 Å². The van der Waals surface area contributed by atoms with E-state index < -0.39 is 45.6 Å². The van der Waals surface area contributed by atoms with Crippen LogP contribution in [0.25, 0.3) is 10.9 Å². The number of aromatic nitrogens is 1. The van der Waals surface area contributed by atoms with Crippen LogP contribution in [0, 0.1) is 0 Å². The second-order valence-electron chi connectivity index (χ2n) is 4.77. The quantitative estimate of drug-likeness (QED) is 0.886. The number of hydrogen-bond donors (Lipinski definition) is 2. The number of aromatic amines is 1. The summed E-state index contributed by atoms with van der Waals surface area (Å²) < 4.78 is 81.4. The Bertz CT molecular complexity index is 968. The molecule has 0 saturated carbocycles. The molecule has 1 fully saturated rings. The molecule has 112 valence electrons. The number of rotatable bonds is 5. The Balaban J connectivity index is 1.91. The molecule has 0 bridgehead atoms. The molecule has 2 N–H and O–H groups in total. The molecule has 1 aromatic heterocycles. The largest absolute Gasteiger partial charge is 0.447 e. The molecule has 1 amide bonds. The Morgan fingerprint density at radius 1 is 1.57 bits per heavy atom. The normalized spacial score (nSPS) is 29.6. The minimum Gasteiger partial charge on any atom is -0.447 e. The van der Waals surface area contributed by atoms with Crippen molar-refractivity contribution in [1.29, 1.82) is 0 Å². The van der Waals surface area contributed by atoms with Gasteiger partial charge in [0.05, 0.1) is 8.78 Å². The van der Waals surface area contributed by atoms with Crippen molar-refractivity contribution >= 4 is 17.0 Å². The summed E-state index contributed by atoms with van der Waals surface area (Å²) in [6, 6.07) is 4.12. The van der Waals surface area contributed by atoms with E-state index in [9.17, 15) is 4.79 Å². The first-order valence-corrected chi connectivity index (χ1v) is 6.39. The van der Waals surface area contributed by atoms with Crippen LogP contribution in [0.5, 0.6) is 0 Å². The summed E-state index contributed by atoms with van der Waals surface area (Å²) in [5.74, 6) is 0. The van der Waals surface area contributed by atoms with Gasteiger partial charge in [0.2, 0.25) is 0 Å². The van der Waals surface area contributed by atoms with Crippen LogP contribution in [0.1, 0.15) is 24.8 Å². The lowest BCUT2D eigenvalue weighted by Gasteiger charge is -2.09. The summed E-state index contributed by atoms with van der Waals surface area (Å²) in [6.45, 7) is -11.3. The molecular weight excluding hydrogens is 266 g/mol. The highest BCUT2D eigenvalue weighted by Gasteiger charge is 2.22. The van der Waals surface area contributed by atoms with Crippen LogP contribution < -0.4 is 5.32 Å². The molecule has 21 heavy (non-hydrogen) atoms. The van der Waals surface area contributed by atoms with Crippen LogP contribution in [0.3, 0.4) is 0 Å². The number of ether oxygens (including phenoxy) is 1. The molecule has 1 atom stereocenters. The number of nitrogens with zero attached hydrogens (tertiary/aromatic N) is 1. The number of fused-ring (bicyclic) bond motifs is 1. The van der Waals surface area contributed by atoms with Crippen molar-refractivity contribution in [2.75, 3.05) is 27.0 Å². The molecule has 0 unspecified atom stereocenters. The van der Waals surface area contributed by atoms with Gasteiger partial charge in [-0.05, 0) is 50.1 Å². The number of carbonyl (C=O) groups is 1. The van der Waals surface area contributed by atoms with Gasteiger partial charge in [-0.15, -0.1) is 0 Å². The van der Waals surface area contributed by atoms with Gasteiger partial charge >= 0.3 is 6.09 Å². The summed E-state index contributed by atoms with van der Waals surface area (Å²) in [5, 5.41) is 2.93.